The van der Waals surface area contributed by atoms with Gasteiger partial charge in [0.2, 0.25) is 0 Å². The zero-order chi connectivity index (χ0) is 12.5. The van der Waals surface area contributed by atoms with Crippen LogP contribution in [0.4, 0.5) is 8.78 Å². The molecule has 0 radical (unpaired) electrons. The number of benzene rings is 1. The Hall–Kier alpha value is -0.710. The van der Waals surface area contributed by atoms with E-state index < -0.39 is 11.6 Å². The van der Waals surface area contributed by atoms with Gasteiger partial charge in [-0.25, -0.2) is 8.78 Å². The molecule has 1 rings (SSSR count). The lowest BCUT2D eigenvalue weighted by Crippen LogP contribution is -2.17. The molecular formula is C12H16ClF2NO. The van der Waals surface area contributed by atoms with Crippen LogP contribution in [0.15, 0.2) is 18.2 Å². The maximum absolute atomic E-state index is 13.2. The van der Waals surface area contributed by atoms with E-state index in [0.29, 0.717) is 31.2 Å². The quantitative estimate of drug-likeness (QED) is 0.575. The molecule has 1 aromatic rings. The van der Waals surface area contributed by atoms with Gasteiger partial charge >= 0.3 is 0 Å². The molecule has 0 fully saturated rings. The van der Waals surface area contributed by atoms with E-state index in [0.717, 1.165) is 19.0 Å². The number of hydrogen-bond acceptors (Lipinski definition) is 2. The first-order chi connectivity index (χ1) is 8.24. The van der Waals surface area contributed by atoms with Crippen LogP contribution in [-0.2, 0) is 11.3 Å². The Kier molecular flexibility index (Phi) is 7.08. The fourth-order valence-electron chi connectivity index (χ4n) is 1.34. The summed E-state index contributed by atoms with van der Waals surface area (Å²) in [7, 11) is 0. The van der Waals surface area contributed by atoms with E-state index in [1.807, 2.05) is 0 Å². The van der Waals surface area contributed by atoms with Gasteiger partial charge in [-0.3, -0.25) is 0 Å². The largest absolute Gasteiger partial charge is 0.380 e. The molecule has 1 aromatic carbocycles. The zero-order valence-corrected chi connectivity index (χ0v) is 10.3. The maximum atomic E-state index is 13.2. The number of nitrogens with one attached hydrogen (secondary N) is 1. The highest BCUT2D eigenvalue weighted by Crippen LogP contribution is 2.08. The first-order valence-corrected chi connectivity index (χ1v) is 6.06. The van der Waals surface area contributed by atoms with E-state index >= 15 is 0 Å². The highest BCUT2D eigenvalue weighted by Gasteiger charge is 2.02. The summed E-state index contributed by atoms with van der Waals surface area (Å²) in [5.41, 5.74) is 0.466. The monoisotopic (exact) mass is 263 g/mol. The van der Waals surface area contributed by atoms with Gasteiger partial charge in [0.1, 0.15) is 11.6 Å². The second kappa shape index (κ2) is 8.39. The Morgan fingerprint density at radius 2 is 2.06 bits per heavy atom. The molecule has 5 heteroatoms. The molecule has 96 valence electrons. The van der Waals surface area contributed by atoms with Crippen LogP contribution in [0.25, 0.3) is 0 Å². The van der Waals surface area contributed by atoms with Gasteiger partial charge in [0.25, 0.3) is 0 Å². The average Bonchev–Trinajstić information content (AvgIpc) is 2.30. The summed E-state index contributed by atoms with van der Waals surface area (Å²) in [6.07, 6.45) is 0.833. The molecule has 0 aliphatic heterocycles. The fourth-order valence-corrected chi connectivity index (χ4v) is 1.45. The molecule has 0 amide bonds. The molecular weight excluding hydrogens is 248 g/mol. The van der Waals surface area contributed by atoms with Crippen LogP contribution in [-0.4, -0.2) is 25.6 Å². The van der Waals surface area contributed by atoms with Crippen LogP contribution < -0.4 is 5.32 Å². The van der Waals surface area contributed by atoms with Crippen LogP contribution in [0.3, 0.4) is 0 Å². The lowest BCUT2D eigenvalue weighted by atomic mass is 10.2. The molecule has 0 spiro atoms. The molecule has 0 heterocycles. The third kappa shape index (κ3) is 5.96. The molecule has 0 bridgehead atoms. The Labute approximate surface area is 105 Å². The molecule has 17 heavy (non-hydrogen) atoms. The zero-order valence-electron chi connectivity index (χ0n) is 9.52. The van der Waals surface area contributed by atoms with Gasteiger partial charge in [0, 0.05) is 30.7 Å². The van der Waals surface area contributed by atoms with Crippen LogP contribution >= 0.6 is 11.6 Å². The minimum absolute atomic E-state index is 0.390. The van der Waals surface area contributed by atoms with E-state index in [9.17, 15) is 8.78 Å². The average molecular weight is 264 g/mol. The SMILES string of the molecule is Fc1ccc(CNCCCOCCCl)c(F)c1. The molecule has 0 aromatic heterocycles. The molecule has 0 aliphatic carbocycles. The van der Waals surface area contributed by atoms with Crippen molar-refractivity contribution in [1.29, 1.82) is 0 Å². The second-order valence-corrected chi connectivity index (χ2v) is 3.95. The molecule has 2 nitrogen and oxygen atoms in total. The van der Waals surface area contributed by atoms with Crippen molar-refractivity contribution in [3.8, 4) is 0 Å². The van der Waals surface area contributed by atoms with Crippen molar-refractivity contribution in [1.82, 2.24) is 5.32 Å². The Morgan fingerprint density at radius 1 is 1.24 bits per heavy atom. The van der Waals surface area contributed by atoms with Crippen molar-refractivity contribution in [3.63, 3.8) is 0 Å². The number of hydrogen-bond donors (Lipinski definition) is 1. The minimum atomic E-state index is -0.555. The van der Waals surface area contributed by atoms with Crippen molar-refractivity contribution >= 4 is 11.6 Å². The van der Waals surface area contributed by atoms with Crippen LogP contribution in [0, 0.1) is 11.6 Å². The van der Waals surface area contributed by atoms with Gasteiger partial charge in [0.05, 0.1) is 6.61 Å². The molecule has 1 N–H and O–H groups in total. The molecule has 0 atom stereocenters. The standard InChI is InChI=1S/C12H16ClF2NO/c13-4-7-17-6-1-5-16-9-10-2-3-11(14)8-12(10)15/h2-3,8,16H,1,4-7,9H2. The summed E-state index contributed by atoms with van der Waals surface area (Å²) in [6.45, 7) is 2.29. The highest BCUT2D eigenvalue weighted by atomic mass is 35.5. The Bertz CT molecular complexity index is 336. The van der Waals surface area contributed by atoms with E-state index in [4.69, 9.17) is 16.3 Å². The minimum Gasteiger partial charge on any atom is -0.380 e. The molecule has 0 unspecified atom stereocenters. The van der Waals surface area contributed by atoms with Gasteiger partial charge in [-0.2, -0.15) is 0 Å². The summed E-state index contributed by atoms with van der Waals surface area (Å²) in [5.74, 6) is -0.578. The third-order valence-corrected chi connectivity index (χ3v) is 2.35. The molecule has 0 saturated heterocycles. The summed E-state index contributed by atoms with van der Waals surface area (Å²) in [4.78, 5) is 0. The van der Waals surface area contributed by atoms with Gasteiger partial charge in [-0.15, -0.1) is 11.6 Å². The van der Waals surface area contributed by atoms with E-state index in [1.54, 1.807) is 0 Å². The normalized spacial score (nSPS) is 10.8. The predicted octanol–water partition coefficient (Wildman–Crippen LogP) is 2.70. The third-order valence-electron chi connectivity index (χ3n) is 2.19. The first kappa shape index (κ1) is 14.4. The van der Waals surface area contributed by atoms with Crippen molar-refractivity contribution in [2.75, 3.05) is 25.6 Å². The fraction of sp³-hybridized carbons (Fsp3) is 0.500. The van der Waals surface area contributed by atoms with Gasteiger partial charge in [0.15, 0.2) is 0 Å². The lowest BCUT2D eigenvalue weighted by molar-refractivity contribution is 0.146. The van der Waals surface area contributed by atoms with E-state index in [2.05, 4.69) is 5.32 Å². The Balaban J connectivity index is 2.14. The van der Waals surface area contributed by atoms with E-state index in [1.165, 1.54) is 12.1 Å². The van der Waals surface area contributed by atoms with Crippen LogP contribution in [0.2, 0.25) is 0 Å². The van der Waals surface area contributed by atoms with Crippen LogP contribution in [0.5, 0.6) is 0 Å². The summed E-state index contributed by atoms with van der Waals surface area (Å²) in [5, 5.41) is 3.06. The second-order valence-electron chi connectivity index (χ2n) is 3.57. The maximum Gasteiger partial charge on any atom is 0.130 e. The van der Waals surface area contributed by atoms with Crippen molar-refractivity contribution < 1.29 is 13.5 Å². The van der Waals surface area contributed by atoms with Gasteiger partial charge in [-0.1, -0.05) is 6.07 Å². The Morgan fingerprint density at radius 3 is 2.76 bits per heavy atom. The molecule has 0 saturated carbocycles. The van der Waals surface area contributed by atoms with Gasteiger partial charge in [-0.05, 0) is 19.0 Å². The van der Waals surface area contributed by atoms with E-state index in [-0.39, 0.29) is 0 Å². The smallest absolute Gasteiger partial charge is 0.130 e. The van der Waals surface area contributed by atoms with Crippen molar-refractivity contribution in [3.05, 3.63) is 35.4 Å². The highest BCUT2D eigenvalue weighted by molar-refractivity contribution is 6.17. The number of ether oxygens (including phenoxy) is 1. The summed E-state index contributed by atoms with van der Waals surface area (Å²) in [6, 6.07) is 3.59. The number of rotatable bonds is 8. The van der Waals surface area contributed by atoms with Crippen molar-refractivity contribution in [2.24, 2.45) is 0 Å². The van der Waals surface area contributed by atoms with Crippen molar-refractivity contribution in [2.45, 2.75) is 13.0 Å². The van der Waals surface area contributed by atoms with Gasteiger partial charge < -0.3 is 10.1 Å². The number of halogens is 3. The lowest BCUT2D eigenvalue weighted by Gasteiger charge is -2.06. The first-order valence-electron chi connectivity index (χ1n) is 5.52. The summed E-state index contributed by atoms with van der Waals surface area (Å²) >= 11 is 5.44. The number of alkyl halides is 1. The van der Waals surface area contributed by atoms with Crippen LogP contribution in [0.1, 0.15) is 12.0 Å². The summed E-state index contributed by atoms with van der Waals surface area (Å²) < 4.78 is 31.0. The predicted molar refractivity (Wildman–Crippen MR) is 64.2 cm³/mol. The topological polar surface area (TPSA) is 21.3 Å². The molecule has 0 aliphatic rings.